The van der Waals surface area contributed by atoms with Crippen molar-refractivity contribution in [1.82, 2.24) is 25.4 Å². The first-order chi connectivity index (χ1) is 12.7. The lowest BCUT2D eigenvalue weighted by Crippen LogP contribution is -2.38. The van der Waals surface area contributed by atoms with E-state index in [1.54, 1.807) is 7.05 Å². The van der Waals surface area contributed by atoms with Crippen molar-refractivity contribution >= 4 is 29.9 Å². The van der Waals surface area contributed by atoms with Crippen molar-refractivity contribution in [2.24, 2.45) is 4.99 Å². The monoisotopic (exact) mass is 476 g/mol. The quantitative estimate of drug-likeness (QED) is 0.336. The summed E-state index contributed by atoms with van der Waals surface area (Å²) in [7, 11) is 3.85. The Morgan fingerprint density at radius 3 is 2.59 bits per heavy atom. The molecule has 1 aromatic heterocycles. The van der Waals surface area contributed by atoms with Gasteiger partial charge in [0.25, 0.3) is 0 Å². The number of guanidine groups is 1. The van der Waals surface area contributed by atoms with Crippen molar-refractivity contribution < 1.29 is 0 Å². The van der Waals surface area contributed by atoms with E-state index in [0.717, 1.165) is 29.5 Å². The predicted molar refractivity (Wildman–Crippen MR) is 120 cm³/mol. The number of hydrogen-bond donors (Lipinski definition) is 2. The van der Waals surface area contributed by atoms with Crippen molar-refractivity contribution in [3.63, 3.8) is 0 Å². The van der Waals surface area contributed by atoms with Crippen molar-refractivity contribution in [2.45, 2.75) is 20.0 Å². The van der Waals surface area contributed by atoms with Crippen LogP contribution in [0.5, 0.6) is 0 Å². The number of aromatic nitrogens is 3. The Balaban J connectivity index is 0.00000261. The van der Waals surface area contributed by atoms with Crippen LogP contribution in [0.4, 0.5) is 0 Å². The van der Waals surface area contributed by atoms with Crippen LogP contribution >= 0.6 is 24.0 Å². The molecule has 0 saturated heterocycles. The Kier molecular flexibility index (Phi) is 7.78. The molecular formula is C20H25IN6. The fraction of sp³-hybridized carbons (Fsp3) is 0.250. The zero-order valence-electron chi connectivity index (χ0n) is 15.8. The average Bonchev–Trinajstić information content (AvgIpc) is 3.19. The van der Waals surface area contributed by atoms with E-state index in [1.165, 1.54) is 17.5 Å². The van der Waals surface area contributed by atoms with Gasteiger partial charge in [0.15, 0.2) is 11.8 Å². The maximum Gasteiger partial charge on any atom is 0.193 e. The van der Waals surface area contributed by atoms with Gasteiger partial charge >= 0.3 is 0 Å². The molecule has 27 heavy (non-hydrogen) atoms. The van der Waals surface area contributed by atoms with Gasteiger partial charge in [0.2, 0.25) is 0 Å². The number of aryl methyl sites for hydroxylation is 1. The Morgan fingerprint density at radius 1 is 1.15 bits per heavy atom. The first-order valence-corrected chi connectivity index (χ1v) is 8.57. The van der Waals surface area contributed by atoms with Crippen molar-refractivity contribution in [3.8, 4) is 11.4 Å². The second kappa shape index (κ2) is 10.1. The maximum atomic E-state index is 4.39. The fourth-order valence-corrected chi connectivity index (χ4v) is 2.78. The number of halogens is 1. The van der Waals surface area contributed by atoms with E-state index in [0.29, 0.717) is 6.54 Å². The van der Waals surface area contributed by atoms with Gasteiger partial charge in [0.05, 0.1) is 0 Å². The topological polar surface area (TPSA) is 69.2 Å². The number of H-pyrrole nitrogens is 1. The molecule has 2 N–H and O–H groups in total. The Bertz CT molecular complexity index is 858. The van der Waals surface area contributed by atoms with E-state index < -0.39 is 0 Å². The number of rotatable bonds is 5. The van der Waals surface area contributed by atoms with Gasteiger partial charge in [-0.15, -0.1) is 24.0 Å². The van der Waals surface area contributed by atoms with Crippen LogP contribution in [0.2, 0.25) is 0 Å². The summed E-state index contributed by atoms with van der Waals surface area (Å²) in [6, 6.07) is 16.8. The minimum absolute atomic E-state index is 0. The number of nitrogens with one attached hydrogen (secondary N) is 2. The van der Waals surface area contributed by atoms with Crippen LogP contribution in [-0.4, -0.2) is 40.1 Å². The van der Waals surface area contributed by atoms with E-state index in [4.69, 9.17) is 0 Å². The molecule has 3 aromatic rings. The van der Waals surface area contributed by atoms with E-state index in [1.807, 2.05) is 19.2 Å². The molecule has 0 aliphatic heterocycles. The lowest BCUT2D eigenvalue weighted by molar-refractivity contribution is 0.476. The molecule has 7 heteroatoms. The first kappa shape index (κ1) is 20.9. The first-order valence-electron chi connectivity index (χ1n) is 8.57. The summed E-state index contributed by atoms with van der Waals surface area (Å²) in [5.74, 6) is 1.63. The van der Waals surface area contributed by atoms with Crippen LogP contribution in [-0.2, 0) is 13.1 Å². The molecule has 1 heterocycles. The molecule has 0 fully saturated rings. The molecule has 0 atom stereocenters. The Morgan fingerprint density at radius 2 is 1.93 bits per heavy atom. The van der Waals surface area contributed by atoms with Crippen LogP contribution in [0, 0.1) is 6.92 Å². The summed E-state index contributed by atoms with van der Waals surface area (Å²) in [6.07, 6.45) is 1.52. The Labute approximate surface area is 177 Å². The zero-order chi connectivity index (χ0) is 18.4. The average molecular weight is 476 g/mol. The number of hydrogen-bond acceptors (Lipinski definition) is 3. The number of aromatic amines is 1. The molecule has 2 aromatic carbocycles. The number of aliphatic imine (C=N–C) groups is 1. The highest BCUT2D eigenvalue weighted by Gasteiger charge is 2.07. The normalized spacial score (nSPS) is 11.0. The smallest absolute Gasteiger partial charge is 0.193 e. The summed E-state index contributed by atoms with van der Waals surface area (Å²) in [4.78, 5) is 10.7. The Hall–Kier alpha value is -2.42. The van der Waals surface area contributed by atoms with Crippen LogP contribution < -0.4 is 5.32 Å². The molecule has 0 aliphatic carbocycles. The van der Waals surface area contributed by atoms with Crippen molar-refractivity contribution in [3.05, 3.63) is 71.5 Å². The van der Waals surface area contributed by atoms with Gasteiger partial charge < -0.3 is 10.2 Å². The third-order valence-electron chi connectivity index (χ3n) is 4.18. The number of nitrogens with zero attached hydrogens (tertiary/aromatic N) is 4. The molecule has 3 rings (SSSR count). The van der Waals surface area contributed by atoms with E-state index in [2.05, 4.69) is 73.7 Å². The maximum absolute atomic E-state index is 4.39. The standard InChI is InChI=1S/C20H24N6.HI/c1-15-7-9-16(10-8-15)13-26(3)20(21-2)22-12-17-5-4-6-18(11-17)19-23-14-24-25-19;/h4-11,14H,12-13H2,1-3H3,(H,21,22)(H,23,24,25);1H. The molecule has 0 bridgehead atoms. The molecular weight excluding hydrogens is 451 g/mol. The lowest BCUT2D eigenvalue weighted by Gasteiger charge is -2.22. The SMILES string of the molecule is CN=C(NCc1cccc(-c2ncn[nH]2)c1)N(C)Cc1ccc(C)cc1.I. The number of benzene rings is 2. The molecule has 0 radical (unpaired) electrons. The van der Waals surface area contributed by atoms with Gasteiger partial charge in [0, 0.05) is 32.7 Å². The molecule has 0 unspecified atom stereocenters. The second-order valence-corrected chi connectivity index (χ2v) is 6.28. The summed E-state index contributed by atoms with van der Waals surface area (Å²) >= 11 is 0. The summed E-state index contributed by atoms with van der Waals surface area (Å²) < 4.78 is 0. The highest BCUT2D eigenvalue weighted by Crippen LogP contribution is 2.15. The van der Waals surface area contributed by atoms with Gasteiger partial charge in [-0.1, -0.05) is 48.0 Å². The summed E-state index contributed by atoms with van der Waals surface area (Å²) in [5.41, 5.74) is 4.70. The highest BCUT2D eigenvalue weighted by atomic mass is 127. The van der Waals surface area contributed by atoms with E-state index >= 15 is 0 Å². The molecule has 0 spiro atoms. The van der Waals surface area contributed by atoms with E-state index in [-0.39, 0.29) is 24.0 Å². The van der Waals surface area contributed by atoms with Gasteiger partial charge in [0.1, 0.15) is 6.33 Å². The van der Waals surface area contributed by atoms with Crippen LogP contribution in [0.3, 0.4) is 0 Å². The molecule has 0 aliphatic rings. The van der Waals surface area contributed by atoms with Crippen molar-refractivity contribution in [2.75, 3.05) is 14.1 Å². The predicted octanol–water partition coefficient (Wildman–Crippen LogP) is 3.61. The minimum atomic E-state index is 0. The van der Waals surface area contributed by atoms with Gasteiger partial charge in [-0.25, -0.2) is 4.98 Å². The molecule has 6 nitrogen and oxygen atoms in total. The minimum Gasteiger partial charge on any atom is -0.352 e. The molecule has 0 amide bonds. The van der Waals surface area contributed by atoms with Crippen LogP contribution in [0.1, 0.15) is 16.7 Å². The summed E-state index contributed by atoms with van der Waals surface area (Å²) in [5, 5.41) is 10.2. The third kappa shape index (κ3) is 5.78. The second-order valence-electron chi connectivity index (χ2n) is 6.28. The lowest BCUT2D eigenvalue weighted by atomic mass is 10.1. The summed E-state index contributed by atoms with van der Waals surface area (Å²) in [6.45, 7) is 3.59. The largest absolute Gasteiger partial charge is 0.352 e. The third-order valence-corrected chi connectivity index (χ3v) is 4.18. The molecule has 0 saturated carbocycles. The van der Waals surface area contributed by atoms with Crippen LogP contribution in [0.25, 0.3) is 11.4 Å². The van der Waals surface area contributed by atoms with Gasteiger partial charge in [-0.2, -0.15) is 5.10 Å². The van der Waals surface area contributed by atoms with Gasteiger partial charge in [-0.3, -0.25) is 10.1 Å². The highest BCUT2D eigenvalue weighted by molar-refractivity contribution is 14.0. The van der Waals surface area contributed by atoms with Gasteiger partial charge in [-0.05, 0) is 24.1 Å². The fourth-order valence-electron chi connectivity index (χ4n) is 2.78. The zero-order valence-corrected chi connectivity index (χ0v) is 18.1. The van der Waals surface area contributed by atoms with Crippen LogP contribution in [0.15, 0.2) is 59.9 Å². The van der Waals surface area contributed by atoms with E-state index in [9.17, 15) is 0 Å². The van der Waals surface area contributed by atoms with Crippen molar-refractivity contribution in [1.29, 1.82) is 0 Å². The molecule has 142 valence electrons.